The Bertz CT molecular complexity index is 1560. The van der Waals surface area contributed by atoms with Crippen molar-refractivity contribution < 1.29 is 0 Å². The second-order valence-corrected chi connectivity index (χ2v) is 11.2. The SMILES string of the molecule is Clc1ccc(-c2ccc(-c3ccc(-c4ccc(-c5ccc(-c6ccccc6)cc5)cc4)cc3)s2)s1. The van der Waals surface area contributed by atoms with E-state index >= 15 is 0 Å². The number of rotatable bonds is 5. The van der Waals surface area contributed by atoms with Gasteiger partial charge >= 0.3 is 0 Å². The lowest BCUT2D eigenvalue weighted by Crippen LogP contribution is -1.82. The van der Waals surface area contributed by atoms with Crippen molar-refractivity contribution in [3.8, 4) is 53.6 Å². The van der Waals surface area contributed by atoms with Crippen LogP contribution >= 0.6 is 34.3 Å². The minimum Gasteiger partial charge on any atom is -0.134 e. The van der Waals surface area contributed by atoms with Gasteiger partial charge in [-0.05, 0) is 63.2 Å². The van der Waals surface area contributed by atoms with Gasteiger partial charge in [-0.25, -0.2) is 0 Å². The highest BCUT2D eigenvalue weighted by Crippen LogP contribution is 2.39. The fourth-order valence-corrected chi connectivity index (χ4v) is 6.38. The van der Waals surface area contributed by atoms with Gasteiger partial charge in [0.05, 0.1) is 4.34 Å². The van der Waals surface area contributed by atoms with Crippen molar-refractivity contribution in [1.82, 2.24) is 0 Å². The number of benzene rings is 4. The number of halogens is 1. The lowest BCUT2D eigenvalue weighted by molar-refractivity contribution is 1.57. The van der Waals surface area contributed by atoms with E-state index in [-0.39, 0.29) is 0 Å². The van der Waals surface area contributed by atoms with Crippen LogP contribution in [0.1, 0.15) is 0 Å². The molecule has 0 fully saturated rings. The van der Waals surface area contributed by atoms with Crippen LogP contribution in [0.4, 0.5) is 0 Å². The topological polar surface area (TPSA) is 0 Å². The third kappa shape index (κ3) is 4.74. The van der Waals surface area contributed by atoms with E-state index in [4.69, 9.17) is 11.6 Å². The zero-order chi connectivity index (χ0) is 23.6. The zero-order valence-electron chi connectivity index (χ0n) is 18.8. The van der Waals surface area contributed by atoms with E-state index in [2.05, 4.69) is 115 Å². The Balaban J connectivity index is 1.18. The largest absolute Gasteiger partial charge is 0.134 e. The van der Waals surface area contributed by atoms with Gasteiger partial charge in [0.2, 0.25) is 0 Å². The standard InChI is InChI=1S/C32H21ClS2/c33-32-21-20-31(35-32)30-19-18-29(34-30)28-16-14-27(15-17-28)26-12-10-25(11-13-26)24-8-6-23(7-9-24)22-4-2-1-3-5-22/h1-21H. The molecule has 2 heterocycles. The van der Waals surface area contributed by atoms with Crippen LogP contribution in [-0.2, 0) is 0 Å². The number of hydrogen-bond acceptors (Lipinski definition) is 2. The summed E-state index contributed by atoms with van der Waals surface area (Å²) in [5.74, 6) is 0. The average molecular weight is 505 g/mol. The summed E-state index contributed by atoms with van der Waals surface area (Å²) in [5.41, 5.74) is 8.62. The summed E-state index contributed by atoms with van der Waals surface area (Å²) in [4.78, 5) is 3.75. The first-order valence-electron chi connectivity index (χ1n) is 11.5. The minimum absolute atomic E-state index is 0.828. The van der Waals surface area contributed by atoms with Gasteiger partial charge in [-0.2, -0.15) is 0 Å². The van der Waals surface area contributed by atoms with Gasteiger partial charge in [-0.15, -0.1) is 22.7 Å². The maximum Gasteiger partial charge on any atom is 0.0935 e. The van der Waals surface area contributed by atoms with Crippen molar-refractivity contribution >= 4 is 34.3 Å². The first kappa shape index (κ1) is 22.1. The van der Waals surface area contributed by atoms with Crippen molar-refractivity contribution in [2.24, 2.45) is 0 Å². The van der Waals surface area contributed by atoms with Crippen molar-refractivity contribution in [3.63, 3.8) is 0 Å². The molecule has 0 spiro atoms. The summed E-state index contributed by atoms with van der Waals surface area (Å²) < 4.78 is 0.828. The molecular weight excluding hydrogens is 484 g/mol. The van der Waals surface area contributed by atoms with Crippen molar-refractivity contribution in [1.29, 1.82) is 0 Å². The lowest BCUT2D eigenvalue weighted by atomic mass is 9.97. The van der Waals surface area contributed by atoms with E-state index in [1.807, 2.05) is 12.1 Å². The van der Waals surface area contributed by atoms with Crippen molar-refractivity contribution in [2.45, 2.75) is 0 Å². The zero-order valence-corrected chi connectivity index (χ0v) is 21.2. The summed E-state index contributed by atoms with van der Waals surface area (Å²) in [7, 11) is 0. The molecule has 3 heteroatoms. The highest BCUT2D eigenvalue weighted by atomic mass is 35.5. The summed E-state index contributed by atoms with van der Waals surface area (Å²) in [6.07, 6.45) is 0. The van der Waals surface area contributed by atoms with Gasteiger partial charge in [0.25, 0.3) is 0 Å². The quantitative estimate of drug-likeness (QED) is 0.219. The minimum atomic E-state index is 0.828. The van der Waals surface area contributed by atoms with E-state index in [1.165, 1.54) is 53.6 Å². The smallest absolute Gasteiger partial charge is 0.0935 e. The second kappa shape index (κ2) is 9.67. The van der Waals surface area contributed by atoms with Gasteiger partial charge in [0, 0.05) is 14.6 Å². The Morgan fingerprint density at radius 1 is 0.314 bits per heavy atom. The predicted molar refractivity (Wildman–Crippen MR) is 154 cm³/mol. The van der Waals surface area contributed by atoms with Gasteiger partial charge in [0.15, 0.2) is 0 Å². The molecule has 0 radical (unpaired) electrons. The summed E-state index contributed by atoms with van der Waals surface area (Å²) in [6.45, 7) is 0. The Kier molecular flexibility index (Phi) is 6.10. The maximum atomic E-state index is 6.11. The monoisotopic (exact) mass is 504 g/mol. The van der Waals surface area contributed by atoms with Crippen molar-refractivity contribution in [2.75, 3.05) is 0 Å². The van der Waals surface area contributed by atoms with Crippen LogP contribution < -0.4 is 0 Å². The average Bonchev–Trinajstić information content (AvgIpc) is 3.59. The Morgan fingerprint density at radius 3 is 1.14 bits per heavy atom. The highest BCUT2D eigenvalue weighted by molar-refractivity contribution is 7.25. The molecule has 0 saturated carbocycles. The Labute approximate surface area is 218 Å². The molecule has 0 bridgehead atoms. The molecule has 6 aromatic rings. The number of thiophene rings is 2. The molecule has 0 atom stereocenters. The van der Waals surface area contributed by atoms with Gasteiger partial charge < -0.3 is 0 Å². The van der Waals surface area contributed by atoms with Crippen LogP contribution in [-0.4, -0.2) is 0 Å². The van der Waals surface area contributed by atoms with Crippen LogP contribution in [0.3, 0.4) is 0 Å². The molecule has 0 nitrogen and oxygen atoms in total. The molecule has 168 valence electrons. The third-order valence-electron chi connectivity index (χ3n) is 6.14. The maximum absolute atomic E-state index is 6.11. The fourth-order valence-electron chi connectivity index (χ4n) is 4.24. The number of hydrogen-bond donors (Lipinski definition) is 0. The Hall–Kier alpha value is -3.43. The van der Waals surface area contributed by atoms with E-state index in [0.717, 1.165) is 4.34 Å². The van der Waals surface area contributed by atoms with Gasteiger partial charge in [-0.1, -0.05) is 115 Å². The summed E-state index contributed by atoms with van der Waals surface area (Å²) in [6, 6.07) is 45.4. The molecule has 0 amide bonds. The van der Waals surface area contributed by atoms with Crippen molar-refractivity contribution in [3.05, 3.63) is 132 Å². The van der Waals surface area contributed by atoms with Crippen LogP contribution in [0.25, 0.3) is 53.6 Å². The van der Waals surface area contributed by atoms with E-state index < -0.39 is 0 Å². The molecule has 6 rings (SSSR count). The molecule has 0 aliphatic carbocycles. The first-order chi connectivity index (χ1) is 17.2. The molecule has 2 aromatic heterocycles. The molecule has 0 aliphatic heterocycles. The molecule has 0 unspecified atom stereocenters. The predicted octanol–water partition coefficient (Wildman–Crippen LogP) is 10.8. The van der Waals surface area contributed by atoms with E-state index in [1.54, 1.807) is 22.7 Å². The molecule has 0 saturated heterocycles. The van der Waals surface area contributed by atoms with Gasteiger partial charge in [0.1, 0.15) is 0 Å². The second-order valence-electron chi connectivity index (χ2n) is 8.37. The van der Waals surface area contributed by atoms with Crippen LogP contribution in [0.5, 0.6) is 0 Å². The summed E-state index contributed by atoms with van der Waals surface area (Å²) >= 11 is 9.54. The lowest BCUT2D eigenvalue weighted by Gasteiger charge is -2.07. The molecule has 0 N–H and O–H groups in total. The van der Waals surface area contributed by atoms with E-state index in [0.29, 0.717) is 0 Å². The molecule has 4 aromatic carbocycles. The summed E-state index contributed by atoms with van der Waals surface area (Å²) in [5, 5.41) is 0. The first-order valence-corrected chi connectivity index (χ1v) is 13.5. The molecule has 35 heavy (non-hydrogen) atoms. The fraction of sp³-hybridized carbons (Fsp3) is 0. The molecular formula is C32H21ClS2. The van der Waals surface area contributed by atoms with Crippen LogP contribution in [0.15, 0.2) is 127 Å². The Morgan fingerprint density at radius 2 is 0.686 bits per heavy atom. The van der Waals surface area contributed by atoms with E-state index in [9.17, 15) is 0 Å². The third-order valence-corrected chi connectivity index (χ3v) is 8.70. The van der Waals surface area contributed by atoms with Crippen LogP contribution in [0.2, 0.25) is 4.34 Å². The van der Waals surface area contributed by atoms with Gasteiger partial charge in [-0.3, -0.25) is 0 Å². The van der Waals surface area contributed by atoms with Crippen LogP contribution in [0, 0.1) is 0 Å². The highest BCUT2D eigenvalue weighted by Gasteiger charge is 2.08. The normalized spacial score (nSPS) is 11.0. The molecule has 0 aliphatic rings.